The van der Waals surface area contributed by atoms with Gasteiger partial charge in [-0.25, -0.2) is 0 Å². The Hall–Kier alpha value is 0. The Morgan fingerprint density at radius 2 is 1.82 bits per heavy atom. The first-order valence-corrected chi connectivity index (χ1v) is 5.24. The van der Waals surface area contributed by atoms with Crippen LogP contribution in [0.1, 0.15) is 40.0 Å². The highest BCUT2D eigenvalue weighted by Crippen LogP contribution is 2.70. The lowest BCUT2D eigenvalue weighted by atomic mass is 9.87. The Morgan fingerprint density at radius 3 is 2.18 bits per heavy atom. The summed E-state index contributed by atoms with van der Waals surface area (Å²) in [7, 11) is 0. The number of fused-ring (bicyclic) bond motifs is 1. The highest BCUT2D eigenvalue weighted by atomic mass is 14.7. The van der Waals surface area contributed by atoms with Crippen molar-refractivity contribution in [3.05, 3.63) is 0 Å². The van der Waals surface area contributed by atoms with E-state index < -0.39 is 0 Å². The minimum absolute atomic E-state index is 0.954. The highest BCUT2D eigenvalue weighted by Gasteiger charge is 2.63. The van der Waals surface area contributed by atoms with Crippen molar-refractivity contribution < 1.29 is 0 Å². The lowest BCUT2D eigenvalue weighted by Gasteiger charge is -2.19. The first kappa shape index (κ1) is 7.64. The molecule has 11 heavy (non-hydrogen) atoms. The molecule has 4 atom stereocenters. The van der Waals surface area contributed by atoms with Crippen molar-refractivity contribution in [2.45, 2.75) is 40.0 Å². The summed E-state index contributed by atoms with van der Waals surface area (Å²) < 4.78 is 0. The van der Waals surface area contributed by atoms with Crippen LogP contribution in [0, 0.1) is 29.6 Å². The fraction of sp³-hybridized carbons (Fsp3) is 1.00. The average Bonchev–Trinajstić information content (AvgIpc) is 2.85. The molecule has 0 aromatic rings. The molecule has 0 N–H and O–H groups in total. The fourth-order valence-corrected chi connectivity index (χ4v) is 2.33. The van der Waals surface area contributed by atoms with Gasteiger partial charge in [0.25, 0.3) is 0 Å². The quantitative estimate of drug-likeness (QED) is 0.579. The molecule has 2 saturated carbocycles. The van der Waals surface area contributed by atoms with Crippen molar-refractivity contribution in [2.24, 2.45) is 29.6 Å². The summed E-state index contributed by atoms with van der Waals surface area (Å²) in [6.07, 6.45) is 4.48. The topological polar surface area (TPSA) is 0 Å². The Labute approximate surface area is 70.4 Å². The second-order valence-electron chi connectivity index (χ2n) is 4.83. The molecular weight excluding hydrogens is 132 g/mol. The van der Waals surface area contributed by atoms with Gasteiger partial charge in [-0.1, -0.05) is 27.2 Å². The minimum atomic E-state index is 0.954. The van der Waals surface area contributed by atoms with E-state index in [0.717, 1.165) is 11.8 Å². The molecule has 0 aromatic heterocycles. The summed E-state index contributed by atoms with van der Waals surface area (Å²) in [5.41, 5.74) is 0. The molecule has 2 rings (SSSR count). The molecule has 0 aromatic carbocycles. The third-order valence-corrected chi connectivity index (χ3v) is 4.11. The summed E-state index contributed by atoms with van der Waals surface area (Å²) in [4.78, 5) is 0. The van der Waals surface area contributed by atoms with Gasteiger partial charge in [-0.05, 0) is 42.4 Å². The van der Waals surface area contributed by atoms with Crippen molar-refractivity contribution in [3.8, 4) is 0 Å². The zero-order valence-electron chi connectivity index (χ0n) is 8.01. The largest absolute Gasteiger partial charge is 0.0651 e. The van der Waals surface area contributed by atoms with Crippen LogP contribution < -0.4 is 0 Å². The maximum Gasteiger partial charge on any atom is -0.0349 e. The first-order valence-electron chi connectivity index (χ1n) is 5.24. The zero-order chi connectivity index (χ0) is 8.01. The molecule has 2 fully saturated rings. The summed E-state index contributed by atoms with van der Waals surface area (Å²) >= 11 is 0. The third-order valence-electron chi connectivity index (χ3n) is 4.11. The van der Waals surface area contributed by atoms with Gasteiger partial charge in [0.2, 0.25) is 0 Å². The van der Waals surface area contributed by atoms with Gasteiger partial charge in [0, 0.05) is 0 Å². The van der Waals surface area contributed by atoms with E-state index in [1.165, 1.54) is 30.6 Å². The van der Waals surface area contributed by atoms with Gasteiger partial charge >= 0.3 is 0 Å². The molecule has 2 aliphatic rings. The number of hydrogen-bond donors (Lipinski definition) is 0. The van der Waals surface area contributed by atoms with Gasteiger partial charge in [-0.3, -0.25) is 0 Å². The monoisotopic (exact) mass is 152 g/mol. The normalized spacial score (nSPS) is 44.5. The van der Waals surface area contributed by atoms with E-state index in [0.29, 0.717) is 0 Å². The van der Waals surface area contributed by atoms with E-state index in [9.17, 15) is 0 Å². The van der Waals surface area contributed by atoms with E-state index in [-0.39, 0.29) is 0 Å². The van der Waals surface area contributed by atoms with Crippen LogP contribution >= 0.6 is 0 Å². The number of hydrogen-bond acceptors (Lipinski definition) is 0. The SMILES string of the molecule is CCC(C)C(C)CC1C2CC12. The smallest absolute Gasteiger partial charge is 0.0349 e. The molecule has 2 aliphatic carbocycles. The van der Waals surface area contributed by atoms with Crippen LogP contribution in [0.3, 0.4) is 0 Å². The van der Waals surface area contributed by atoms with Gasteiger partial charge in [-0.2, -0.15) is 0 Å². The Kier molecular flexibility index (Phi) is 1.74. The molecule has 0 heteroatoms. The van der Waals surface area contributed by atoms with E-state index in [2.05, 4.69) is 20.8 Å². The van der Waals surface area contributed by atoms with Gasteiger partial charge < -0.3 is 0 Å². The minimum Gasteiger partial charge on any atom is -0.0651 e. The van der Waals surface area contributed by atoms with E-state index >= 15 is 0 Å². The molecule has 0 spiro atoms. The van der Waals surface area contributed by atoms with Gasteiger partial charge in [0.1, 0.15) is 0 Å². The van der Waals surface area contributed by atoms with Crippen molar-refractivity contribution in [1.29, 1.82) is 0 Å². The van der Waals surface area contributed by atoms with Crippen LogP contribution in [0.2, 0.25) is 0 Å². The molecule has 0 aliphatic heterocycles. The fourth-order valence-electron chi connectivity index (χ4n) is 2.33. The molecule has 0 amide bonds. The molecule has 64 valence electrons. The zero-order valence-corrected chi connectivity index (χ0v) is 8.01. The van der Waals surface area contributed by atoms with Crippen LogP contribution in [-0.2, 0) is 0 Å². The second-order valence-corrected chi connectivity index (χ2v) is 4.83. The standard InChI is InChI=1S/C11H20/c1-4-7(2)8(3)5-9-10-6-11(9)10/h7-11H,4-6H2,1-3H3. The molecule has 4 unspecified atom stereocenters. The lowest BCUT2D eigenvalue weighted by Crippen LogP contribution is -2.09. The van der Waals surface area contributed by atoms with Crippen molar-refractivity contribution in [2.75, 3.05) is 0 Å². The van der Waals surface area contributed by atoms with Crippen LogP contribution in [-0.4, -0.2) is 0 Å². The predicted molar refractivity (Wildman–Crippen MR) is 48.3 cm³/mol. The summed E-state index contributed by atoms with van der Waals surface area (Å²) in [6, 6.07) is 0. The highest BCUT2D eigenvalue weighted by molar-refractivity contribution is 5.12. The first-order chi connectivity index (χ1) is 5.24. The summed E-state index contributed by atoms with van der Waals surface area (Å²) in [6.45, 7) is 7.15. The molecule has 0 saturated heterocycles. The third kappa shape index (κ3) is 1.32. The molecular formula is C11H20. The van der Waals surface area contributed by atoms with E-state index in [1.807, 2.05) is 0 Å². The average molecular weight is 152 g/mol. The molecule has 0 heterocycles. The Morgan fingerprint density at radius 1 is 1.18 bits per heavy atom. The summed E-state index contributed by atoms with van der Waals surface area (Å²) in [5.74, 6) is 5.54. The Bertz CT molecular complexity index is 142. The molecule has 0 radical (unpaired) electrons. The Balaban J connectivity index is 1.68. The van der Waals surface area contributed by atoms with Gasteiger partial charge in [0.15, 0.2) is 0 Å². The van der Waals surface area contributed by atoms with Gasteiger partial charge in [0.05, 0.1) is 0 Å². The van der Waals surface area contributed by atoms with Crippen LogP contribution in [0.15, 0.2) is 0 Å². The van der Waals surface area contributed by atoms with E-state index in [1.54, 1.807) is 6.42 Å². The van der Waals surface area contributed by atoms with Gasteiger partial charge in [-0.15, -0.1) is 0 Å². The van der Waals surface area contributed by atoms with Crippen LogP contribution in [0.5, 0.6) is 0 Å². The second kappa shape index (κ2) is 2.50. The maximum atomic E-state index is 2.44. The number of rotatable bonds is 4. The maximum absolute atomic E-state index is 2.44. The predicted octanol–water partition coefficient (Wildman–Crippen LogP) is 3.32. The van der Waals surface area contributed by atoms with Crippen molar-refractivity contribution in [1.82, 2.24) is 0 Å². The van der Waals surface area contributed by atoms with Crippen LogP contribution in [0.4, 0.5) is 0 Å². The lowest BCUT2D eigenvalue weighted by molar-refractivity contribution is 0.317. The van der Waals surface area contributed by atoms with E-state index in [4.69, 9.17) is 0 Å². The van der Waals surface area contributed by atoms with Crippen LogP contribution in [0.25, 0.3) is 0 Å². The van der Waals surface area contributed by atoms with Crippen molar-refractivity contribution >= 4 is 0 Å². The van der Waals surface area contributed by atoms with Crippen molar-refractivity contribution in [3.63, 3.8) is 0 Å². The molecule has 0 bridgehead atoms. The molecule has 0 nitrogen and oxygen atoms in total. The summed E-state index contributed by atoms with van der Waals surface area (Å²) in [5, 5.41) is 0.